The van der Waals surface area contributed by atoms with E-state index in [1.807, 2.05) is 42.5 Å². The minimum Gasteiger partial charge on any atom is -0.356 e. The molecule has 0 saturated heterocycles. The van der Waals surface area contributed by atoms with Crippen molar-refractivity contribution in [3.63, 3.8) is 0 Å². The Hall–Kier alpha value is -2.95. The Morgan fingerprint density at radius 1 is 1.04 bits per heavy atom. The topological polar surface area (TPSA) is 64.0 Å². The summed E-state index contributed by atoms with van der Waals surface area (Å²) in [6, 6.07) is 17.1. The van der Waals surface area contributed by atoms with E-state index in [2.05, 4.69) is 10.4 Å². The van der Waals surface area contributed by atoms with E-state index in [1.165, 1.54) is 10.7 Å². The molecule has 2 aromatic carbocycles. The van der Waals surface area contributed by atoms with Crippen molar-refractivity contribution in [1.82, 2.24) is 15.1 Å². The van der Waals surface area contributed by atoms with Gasteiger partial charge in [-0.15, -0.1) is 0 Å². The number of aromatic nitrogens is 2. The van der Waals surface area contributed by atoms with Crippen LogP contribution >= 0.6 is 0 Å². The Balaban J connectivity index is 1.52. The van der Waals surface area contributed by atoms with Gasteiger partial charge in [-0.3, -0.25) is 9.59 Å². The predicted molar refractivity (Wildman–Crippen MR) is 93.8 cm³/mol. The summed E-state index contributed by atoms with van der Waals surface area (Å²) in [4.78, 5) is 23.7. The van der Waals surface area contributed by atoms with Crippen LogP contribution in [0.15, 0.2) is 65.6 Å². The van der Waals surface area contributed by atoms with Gasteiger partial charge in [-0.05, 0) is 28.8 Å². The van der Waals surface area contributed by atoms with Gasteiger partial charge < -0.3 is 5.32 Å². The van der Waals surface area contributed by atoms with Gasteiger partial charge in [0, 0.05) is 25.4 Å². The maximum Gasteiger partial charge on any atom is 0.266 e. The Labute approximate surface area is 139 Å². The number of hydrogen-bond donors (Lipinski definition) is 1. The fourth-order valence-electron chi connectivity index (χ4n) is 2.69. The lowest BCUT2D eigenvalue weighted by molar-refractivity contribution is -0.120. The van der Waals surface area contributed by atoms with Crippen molar-refractivity contribution in [1.29, 1.82) is 0 Å². The van der Waals surface area contributed by atoms with Crippen molar-refractivity contribution in [2.24, 2.45) is 0 Å². The van der Waals surface area contributed by atoms with Crippen molar-refractivity contribution in [3.05, 3.63) is 76.7 Å². The second kappa shape index (κ2) is 7.55. The van der Waals surface area contributed by atoms with Gasteiger partial charge in [-0.2, -0.15) is 5.10 Å². The molecule has 0 radical (unpaired) electrons. The van der Waals surface area contributed by atoms with Crippen LogP contribution < -0.4 is 10.9 Å². The van der Waals surface area contributed by atoms with E-state index in [0.29, 0.717) is 25.9 Å². The van der Waals surface area contributed by atoms with Crippen molar-refractivity contribution < 1.29 is 4.79 Å². The molecule has 1 N–H and O–H groups in total. The summed E-state index contributed by atoms with van der Waals surface area (Å²) < 4.78 is 1.40. The summed E-state index contributed by atoms with van der Waals surface area (Å²) in [5.74, 6) is -0.0141. The highest BCUT2D eigenvalue weighted by Crippen LogP contribution is 2.18. The molecule has 1 aromatic heterocycles. The largest absolute Gasteiger partial charge is 0.356 e. The number of aryl methyl sites for hydroxylation is 1. The number of carbonyl (C=O) groups is 1. The average molecular weight is 321 g/mol. The lowest BCUT2D eigenvalue weighted by Crippen LogP contribution is -2.28. The molecule has 0 unspecified atom stereocenters. The number of rotatable bonds is 6. The van der Waals surface area contributed by atoms with Gasteiger partial charge in [0.2, 0.25) is 5.91 Å². The maximum absolute atomic E-state index is 12.1. The molecule has 0 saturated carbocycles. The first-order valence-electron chi connectivity index (χ1n) is 7.99. The highest BCUT2D eigenvalue weighted by atomic mass is 16.1. The zero-order valence-electron chi connectivity index (χ0n) is 13.3. The van der Waals surface area contributed by atoms with Crippen LogP contribution in [0, 0.1) is 0 Å². The molecule has 122 valence electrons. The Bertz CT molecular complexity index is 897. The number of nitrogens with zero attached hydrogens (tertiary/aromatic N) is 2. The van der Waals surface area contributed by atoms with Crippen molar-refractivity contribution >= 4 is 16.7 Å². The second-order valence-corrected chi connectivity index (χ2v) is 5.60. The minimum absolute atomic E-state index is 0.0141. The van der Waals surface area contributed by atoms with Gasteiger partial charge in [0.25, 0.3) is 5.56 Å². The molecule has 3 aromatic rings. The van der Waals surface area contributed by atoms with Gasteiger partial charge in [0.1, 0.15) is 0 Å². The highest BCUT2D eigenvalue weighted by molar-refractivity contribution is 5.90. The van der Waals surface area contributed by atoms with Crippen LogP contribution in [0.25, 0.3) is 10.8 Å². The standard InChI is InChI=1S/C19H19N3O2/c23-18(20-11-5-13-22-19(24)10-4-12-21-22)14-16-8-3-7-15-6-1-2-9-17(15)16/h1-4,6-10,12H,5,11,13-14H2,(H,20,23). The van der Waals surface area contributed by atoms with Crippen LogP contribution in [0.4, 0.5) is 0 Å². The Kier molecular flexibility index (Phi) is 5.01. The summed E-state index contributed by atoms with van der Waals surface area (Å²) in [6.45, 7) is 1.01. The summed E-state index contributed by atoms with van der Waals surface area (Å²) >= 11 is 0. The van der Waals surface area contributed by atoms with E-state index >= 15 is 0 Å². The molecular formula is C19H19N3O2. The molecule has 24 heavy (non-hydrogen) atoms. The van der Waals surface area contributed by atoms with E-state index < -0.39 is 0 Å². The van der Waals surface area contributed by atoms with Gasteiger partial charge in [0.15, 0.2) is 0 Å². The molecule has 0 aliphatic rings. The van der Waals surface area contributed by atoms with Crippen LogP contribution in [-0.2, 0) is 17.8 Å². The maximum atomic E-state index is 12.1. The molecular weight excluding hydrogens is 302 g/mol. The summed E-state index contributed by atoms with van der Waals surface area (Å²) in [6.07, 6.45) is 2.60. The predicted octanol–water partition coefficient (Wildman–Crippen LogP) is 2.15. The second-order valence-electron chi connectivity index (χ2n) is 5.60. The number of benzene rings is 2. The van der Waals surface area contributed by atoms with Crippen molar-refractivity contribution in [3.8, 4) is 0 Å². The van der Waals surface area contributed by atoms with E-state index in [4.69, 9.17) is 0 Å². The lowest BCUT2D eigenvalue weighted by Gasteiger charge is -2.08. The first kappa shape index (κ1) is 15.9. The zero-order chi connectivity index (χ0) is 16.8. The molecule has 0 aliphatic carbocycles. The van der Waals surface area contributed by atoms with Crippen LogP contribution in [-0.4, -0.2) is 22.2 Å². The first-order valence-corrected chi connectivity index (χ1v) is 7.99. The quantitative estimate of drug-likeness (QED) is 0.708. The SMILES string of the molecule is O=C(Cc1cccc2ccccc12)NCCCn1ncccc1=O. The fourth-order valence-corrected chi connectivity index (χ4v) is 2.69. The third-order valence-electron chi connectivity index (χ3n) is 3.89. The van der Waals surface area contributed by atoms with E-state index in [1.54, 1.807) is 12.3 Å². The lowest BCUT2D eigenvalue weighted by atomic mass is 10.0. The molecule has 1 amide bonds. The highest BCUT2D eigenvalue weighted by Gasteiger charge is 2.06. The molecule has 3 rings (SSSR count). The molecule has 5 heteroatoms. The van der Waals surface area contributed by atoms with Crippen LogP contribution in [0.5, 0.6) is 0 Å². The number of hydrogen-bond acceptors (Lipinski definition) is 3. The first-order chi connectivity index (χ1) is 11.7. The number of nitrogens with one attached hydrogen (secondary N) is 1. The van der Waals surface area contributed by atoms with Crippen LogP contribution in [0.2, 0.25) is 0 Å². The third-order valence-corrected chi connectivity index (χ3v) is 3.89. The van der Waals surface area contributed by atoms with Gasteiger partial charge in [0.05, 0.1) is 6.42 Å². The van der Waals surface area contributed by atoms with E-state index in [0.717, 1.165) is 16.3 Å². The summed E-state index contributed by atoms with van der Waals surface area (Å²) in [5, 5.41) is 9.13. The van der Waals surface area contributed by atoms with E-state index in [-0.39, 0.29) is 11.5 Å². The fraction of sp³-hybridized carbons (Fsp3) is 0.211. The Morgan fingerprint density at radius 3 is 2.75 bits per heavy atom. The van der Waals surface area contributed by atoms with Gasteiger partial charge >= 0.3 is 0 Å². The Morgan fingerprint density at radius 2 is 1.88 bits per heavy atom. The molecule has 0 fully saturated rings. The zero-order valence-corrected chi connectivity index (χ0v) is 13.3. The molecule has 0 bridgehead atoms. The minimum atomic E-state index is -0.125. The normalized spacial score (nSPS) is 10.7. The summed E-state index contributed by atoms with van der Waals surface area (Å²) in [5.41, 5.74) is 0.895. The van der Waals surface area contributed by atoms with Crippen LogP contribution in [0.3, 0.4) is 0 Å². The van der Waals surface area contributed by atoms with Gasteiger partial charge in [-0.1, -0.05) is 42.5 Å². The van der Waals surface area contributed by atoms with Crippen LogP contribution in [0.1, 0.15) is 12.0 Å². The smallest absolute Gasteiger partial charge is 0.266 e. The number of carbonyl (C=O) groups excluding carboxylic acids is 1. The molecule has 5 nitrogen and oxygen atoms in total. The molecule has 0 spiro atoms. The van der Waals surface area contributed by atoms with Crippen molar-refractivity contribution in [2.75, 3.05) is 6.54 Å². The number of fused-ring (bicyclic) bond motifs is 1. The molecule has 0 atom stereocenters. The average Bonchev–Trinajstić information content (AvgIpc) is 2.60. The number of amides is 1. The van der Waals surface area contributed by atoms with Crippen molar-refractivity contribution in [2.45, 2.75) is 19.4 Å². The third kappa shape index (κ3) is 3.87. The van der Waals surface area contributed by atoms with E-state index in [9.17, 15) is 9.59 Å². The summed E-state index contributed by atoms with van der Waals surface area (Å²) in [7, 11) is 0. The monoisotopic (exact) mass is 321 g/mol. The molecule has 1 heterocycles. The molecule has 0 aliphatic heterocycles. The van der Waals surface area contributed by atoms with Gasteiger partial charge in [-0.25, -0.2) is 4.68 Å².